The van der Waals surface area contributed by atoms with Crippen LogP contribution in [0.5, 0.6) is 0 Å². The maximum Gasteiger partial charge on any atom is 0.341 e. The summed E-state index contributed by atoms with van der Waals surface area (Å²) in [6.45, 7) is 3.10. The molecular weight excluding hydrogens is 423 g/mol. The van der Waals surface area contributed by atoms with Gasteiger partial charge in [0, 0.05) is 23.8 Å². The number of anilines is 1. The molecule has 0 atom stereocenters. The number of sulfonamides is 1. The minimum atomic E-state index is -3.88. The second-order valence-corrected chi connectivity index (χ2v) is 8.24. The summed E-state index contributed by atoms with van der Waals surface area (Å²) < 4.78 is 45.2. The molecule has 1 amide bonds. The van der Waals surface area contributed by atoms with E-state index in [0.717, 1.165) is 18.2 Å². The van der Waals surface area contributed by atoms with E-state index >= 15 is 0 Å². The molecule has 0 bridgehead atoms. The number of ether oxygens (including phenoxy) is 1. The Morgan fingerprint density at radius 1 is 1.10 bits per heavy atom. The molecule has 2 aromatic carbocycles. The van der Waals surface area contributed by atoms with Crippen LogP contribution in [0, 0.1) is 5.82 Å². The fraction of sp³-hybridized carbons (Fsp3) is 0.263. The van der Waals surface area contributed by atoms with Gasteiger partial charge in [0.15, 0.2) is 6.61 Å². The summed E-state index contributed by atoms with van der Waals surface area (Å²) in [5.74, 6) is -2.75. The maximum absolute atomic E-state index is 14.1. The average Bonchev–Trinajstić information content (AvgIpc) is 2.69. The van der Waals surface area contributed by atoms with E-state index in [1.807, 2.05) is 0 Å². The first kappa shape index (κ1) is 22.8. The number of nitrogens with one attached hydrogen (secondary N) is 1. The predicted octanol–water partition coefficient (Wildman–Crippen LogP) is 3.31. The number of amides is 1. The van der Waals surface area contributed by atoms with E-state index in [1.54, 1.807) is 38.1 Å². The van der Waals surface area contributed by atoms with E-state index in [2.05, 4.69) is 5.32 Å². The molecule has 156 valence electrons. The van der Waals surface area contributed by atoms with Crippen LogP contribution in [0.4, 0.5) is 10.1 Å². The van der Waals surface area contributed by atoms with Gasteiger partial charge in [-0.2, -0.15) is 4.31 Å². The molecule has 2 rings (SSSR count). The van der Waals surface area contributed by atoms with Crippen molar-refractivity contribution in [3.8, 4) is 0 Å². The van der Waals surface area contributed by atoms with Crippen LogP contribution in [0.2, 0.25) is 5.02 Å². The quantitative estimate of drug-likeness (QED) is 0.633. The second-order valence-electron chi connectivity index (χ2n) is 5.86. The molecule has 0 radical (unpaired) electrons. The van der Waals surface area contributed by atoms with Crippen molar-refractivity contribution in [1.82, 2.24) is 4.31 Å². The Bertz CT molecular complexity index is 992. The number of rotatable bonds is 8. The van der Waals surface area contributed by atoms with Gasteiger partial charge in [0.05, 0.1) is 10.5 Å². The number of esters is 1. The van der Waals surface area contributed by atoms with Gasteiger partial charge in [-0.25, -0.2) is 17.6 Å². The van der Waals surface area contributed by atoms with Crippen LogP contribution in [0.25, 0.3) is 0 Å². The molecule has 7 nitrogen and oxygen atoms in total. The molecule has 0 saturated carbocycles. The van der Waals surface area contributed by atoms with E-state index in [4.69, 9.17) is 16.3 Å². The largest absolute Gasteiger partial charge is 0.452 e. The van der Waals surface area contributed by atoms with Gasteiger partial charge in [-0.1, -0.05) is 25.4 Å². The summed E-state index contributed by atoms with van der Waals surface area (Å²) >= 11 is 5.75. The summed E-state index contributed by atoms with van der Waals surface area (Å²) in [5.41, 5.74) is -0.133. The third-order valence-corrected chi connectivity index (χ3v) is 6.26. The number of carbonyl (C=O) groups is 2. The molecule has 0 aliphatic heterocycles. The highest BCUT2D eigenvalue weighted by atomic mass is 35.5. The minimum Gasteiger partial charge on any atom is -0.452 e. The highest BCUT2D eigenvalue weighted by Crippen LogP contribution is 2.20. The van der Waals surface area contributed by atoms with Crippen LogP contribution in [0.1, 0.15) is 24.2 Å². The molecule has 0 unspecified atom stereocenters. The Kier molecular flexibility index (Phi) is 7.72. The van der Waals surface area contributed by atoms with E-state index in [-0.39, 0.29) is 18.0 Å². The summed E-state index contributed by atoms with van der Waals surface area (Å²) in [6, 6.07) is 9.11. The number of halogens is 2. The Morgan fingerprint density at radius 2 is 1.72 bits per heavy atom. The second kappa shape index (κ2) is 9.82. The van der Waals surface area contributed by atoms with Crippen molar-refractivity contribution in [3.63, 3.8) is 0 Å². The summed E-state index contributed by atoms with van der Waals surface area (Å²) in [4.78, 5) is 23.8. The third-order valence-electron chi connectivity index (χ3n) is 3.96. The Morgan fingerprint density at radius 3 is 2.31 bits per heavy atom. The molecule has 0 fully saturated rings. The van der Waals surface area contributed by atoms with E-state index in [1.165, 1.54) is 4.31 Å². The number of hydrogen-bond donors (Lipinski definition) is 1. The summed E-state index contributed by atoms with van der Waals surface area (Å²) in [6.07, 6.45) is 0. The van der Waals surface area contributed by atoms with Crippen molar-refractivity contribution in [2.24, 2.45) is 0 Å². The SMILES string of the molecule is CCN(CC)S(=O)(=O)c1ccc(F)c(C(=O)OCC(=O)Nc2ccc(Cl)cc2)c1. The van der Waals surface area contributed by atoms with E-state index in [0.29, 0.717) is 10.7 Å². The fourth-order valence-corrected chi connectivity index (χ4v) is 4.08. The molecular formula is C19H20ClFN2O5S. The summed E-state index contributed by atoms with van der Waals surface area (Å²) in [7, 11) is -3.88. The maximum atomic E-state index is 14.1. The van der Waals surface area contributed by atoms with Crippen LogP contribution in [-0.4, -0.2) is 44.3 Å². The first-order valence-corrected chi connectivity index (χ1v) is 10.5. The highest BCUT2D eigenvalue weighted by molar-refractivity contribution is 7.89. The predicted molar refractivity (Wildman–Crippen MR) is 107 cm³/mol. The molecule has 10 heteroatoms. The van der Waals surface area contributed by atoms with Gasteiger partial charge in [0.2, 0.25) is 10.0 Å². The average molecular weight is 443 g/mol. The topological polar surface area (TPSA) is 92.8 Å². The number of hydrogen-bond acceptors (Lipinski definition) is 5. The lowest BCUT2D eigenvalue weighted by molar-refractivity contribution is -0.119. The molecule has 0 aliphatic carbocycles. The molecule has 0 saturated heterocycles. The zero-order chi connectivity index (χ0) is 21.6. The van der Waals surface area contributed by atoms with Gasteiger partial charge in [0.1, 0.15) is 5.82 Å². The number of benzene rings is 2. The first-order chi connectivity index (χ1) is 13.7. The molecule has 0 spiro atoms. The zero-order valence-electron chi connectivity index (χ0n) is 15.8. The highest BCUT2D eigenvalue weighted by Gasteiger charge is 2.25. The molecule has 0 aliphatic rings. The van der Waals surface area contributed by atoms with Crippen molar-refractivity contribution in [3.05, 3.63) is 58.9 Å². The molecule has 0 heterocycles. The first-order valence-electron chi connectivity index (χ1n) is 8.71. The lowest BCUT2D eigenvalue weighted by Crippen LogP contribution is -2.30. The third kappa shape index (κ3) is 5.75. The van der Waals surface area contributed by atoms with Gasteiger partial charge in [0.25, 0.3) is 5.91 Å². The van der Waals surface area contributed by atoms with Crippen molar-refractivity contribution < 1.29 is 27.1 Å². The van der Waals surface area contributed by atoms with E-state index < -0.39 is 39.9 Å². The van der Waals surface area contributed by atoms with Crippen molar-refractivity contribution in [1.29, 1.82) is 0 Å². The van der Waals surface area contributed by atoms with Crippen molar-refractivity contribution >= 4 is 39.2 Å². The molecule has 2 aromatic rings. The zero-order valence-corrected chi connectivity index (χ0v) is 17.4. The van der Waals surface area contributed by atoms with Gasteiger partial charge in [-0.05, 0) is 42.5 Å². The lowest BCUT2D eigenvalue weighted by Gasteiger charge is -2.18. The lowest BCUT2D eigenvalue weighted by atomic mass is 10.2. The Hall–Kier alpha value is -2.49. The van der Waals surface area contributed by atoms with Crippen LogP contribution in [-0.2, 0) is 19.6 Å². The number of carbonyl (C=O) groups excluding carboxylic acids is 2. The van der Waals surface area contributed by atoms with Gasteiger partial charge >= 0.3 is 5.97 Å². The molecule has 29 heavy (non-hydrogen) atoms. The van der Waals surface area contributed by atoms with Crippen LogP contribution >= 0.6 is 11.6 Å². The van der Waals surface area contributed by atoms with Crippen LogP contribution < -0.4 is 5.32 Å². The van der Waals surface area contributed by atoms with E-state index in [9.17, 15) is 22.4 Å². The van der Waals surface area contributed by atoms with Gasteiger partial charge in [-0.15, -0.1) is 0 Å². The number of nitrogens with zero attached hydrogens (tertiary/aromatic N) is 1. The minimum absolute atomic E-state index is 0.223. The smallest absolute Gasteiger partial charge is 0.341 e. The van der Waals surface area contributed by atoms with Crippen molar-refractivity contribution in [2.45, 2.75) is 18.7 Å². The normalized spacial score (nSPS) is 11.3. The van der Waals surface area contributed by atoms with Gasteiger partial charge < -0.3 is 10.1 Å². The van der Waals surface area contributed by atoms with Crippen LogP contribution in [0.3, 0.4) is 0 Å². The van der Waals surface area contributed by atoms with Crippen molar-refractivity contribution in [2.75, 3.05) is 25.0 Å². The Labute approximate surface area is 173 Å². The Balaban J connectivity index is 2.10. The standard InChI is InChI=1S/C19H20ClFN2O5S/c1-3-23(4-2)29(26,27)15-9-10-17(21)16(11-15)19(25)28-12-18(24)22-14-7-5-13(20)6-8-14/h5-11H,3-4,12H2,1-2H3,(H,22,24). The molecule has 1 N–H and O–H groups in total. The summed E-state index contributed by atoms with van der Waals surface area (Å²) in [5, 5.41) is 2.98. The monoisotopic (exact) mass is 442 g/mol. The molecule has 0 aromatic heterocycles. The fourth-order valence-electron chi connectivity index (χ4n) is 2.47. The van der Waals surface area contributed by atoms with Crippen LogP contribution in [0.15, 0.2) is 47.4 Å². The van der Waals surface area contributed by atoms with Gasteiger partial charge in [-0.3, -0.25) is 4.79 Å².